The van der Waals surface area contributed by atoms with Gasteiger partial charge in [0, 0.05) is 55.0 Å². The summed E-state index contributed by atoms with van der Waals surface area (Å²) in [4.78, 5) is 10.2. The van der Waals surface area contributed by atoms with Gasteiger partial charge in [0.05, 0.1) is 38.8 Å². The Kier molecular flexibility index (Phi) is 7.84. The molecule has 0 aliphatic heterocycles. The second-order valence-electron chi connectivity index (χ2n) is 16.1. The highest BCUT2D eigenvalue weighted by Crippen LogP contribution is 2.45. The van der Waals surface area contributed by atoms with Crippen molar-refractivity contribution in [3.8, 4) is 56.4 Å². The number of rotatable bonds is 6. The molecular weight excluding hydrogens is 769 g/mol. The monoisotopic (exact) mass is 804 g/mol. The van der Waals surface area contributed by atoms with E-state index < -0.39 is 0 Å². The Bertz CT molecular complexity index is 3840. The van der Waals surface area contributed by atoms with Gasteiger partial charge in [0.2, 0.25) is 0 Å². The second kappa shape index (κ2) is 14.0. The Hall–Kier alpha value is -8.54. The van der Waals surface area contributed by atoms with Crippen molar-refractivity contribution in [1.82, 2.24) is 19.1 Å². The third-order valence-corrected chi connectivity index (χ3v) is 12.5. The van der Waals surface area contributed by atoms with Gasteiger partial charge < -0.3 is 13.6 Å². The molecule has 0 radical (unpaired) electrons. The van der Waals surface area contributed by atoms with E-state index >= 15 is 0 Å². The Labute approximate surface area is 362 Å². The van der Waals surface area contributed by atoms with Crippen LogP contribution in [-0.2, 0) is 0 Å². The Balaban J connectivity index is 1.01. The smallest absolute Gasteiger partial charge is 0.160 e. The molecule has 0 saturated heterocycles. The van der Waals surface area contributed by atoms with E-state index in [1.807, 2.05) is 30.3 Å². The summed E-state index contributed by atoms with van der Waals surface area (Å²) >= 11 is 0. The highest BCUT2D eigenvalue weighted by atomic mass is 16.3. The van der Waals surface area contributed by atoms with Crippen molar-refractivity contribution in [2.45, 2.75) is 0 Å². The summed E-state index contributed by atoms with van der Waals surface area (Å²) in [6.45, 7) is 0. The molecule has 0 bridgehead atoms. The van der Waals surface area contributed by atoms with Gasteiger partial charge in [0.15, 0.2) is 5.82 Å². The maximum absolute atomic E-state index is 6.72. The van der Waals surface area contributed by atoms with Gasteiger partial charge in [-0.2, -0.15) is 0 Å². The van der Waals surface area contributed by atoms with E-state index in [2.05, 4.69) is 197 Å². The van der Waals surface area contributed by atoms with Gasteiger partial charge >= 0.3 is 0 Å². The minimum absolute atomic E-state index is 0.702. The topological polar surface area (TPSA) is 48.8 Å². The van der Waals surface area contributed by atoms with E-state index in [0.29, 0.717) is 5.82 Å². The number of hydrogen-bond donors (Lipinski definition) is 0. The molecule has 5 nitrogen and oxygen atoms in total. The van der Waals surface area contributed by atoms with Crippen LogP contribution in [0.2, 0.25) is 0 Å². The number of nitrogens with zero attached hydrogens (tertiary/aromatic N) is 4. The minimum Gasteiger partial charge on any atom is -0.455 e. The van der Waals surface area contributed by atoms with Crippen molar-refractivity contribution in [2.75, 3.05) is 0 Å². The molecule has 0 aliphatic carbocycles. The van der Waals surface area contributed by atoms with Gasteiger partial charge in [-0.25, -0.2) is 9.97 Å². The lowest BCUT2D eigenvalue weighted by atomic mass is 10.00. The number of benzene rings is 9. The van der Waals surface area contributed by atoms with Gasteiger partial charge in [-0.15, -0.1) is 0 Å². The number of para-hydroxylation sites is 3. The van der Waals surface area contributed by atoms with Crippen LogP contribution in [-0.4, -0.2) is 19.1 Å². The van der Waals surface area contributed by atoms with Crippen molar-refractivity contribution in [1.29, 1.82) is 0 Å². The molecule has 13 aromatic rings. The van der Waals surface area contributed by atoms with E-state index in [9.17, 15) is 0 Å². The lowest BCUT2D eigenvalue weighted by Gasteiger charge is -2.12. The Morgan fingerprint density at radius 1 is 0.333 bits per heavy atom. The lowest BCUT2D eigenvalue weighted by molar-refractivity contribution is 0.673. The molecule has 5 heteroatoms. The maximum Gasteiger partial charge on any atom is 0.160 e. The molecule has 13 rings (SSSR count). The van der Waals surface area contributed by atoms with Crippen LogP contribution in [0.15, 0.2) is 223 Å². The van der Waals surface area contributed by atoms with Crippen LogP contribution >= 0.6 is 0 Å². The number of aromatic nitrogens is 4. The molecule has 0 N–H and O–H groups in total. The summed E-state index contributed by atoms with van der Waals surface area (Å²) < 4.78 is 11.6. The first kappa shape index (κ1) is 35.2. The van der Waals surface area contributed by atoms with E-state index in [4.69, 9.17) is 14.4 Å². The molecule has 63 heavy (non-hydrogen) atoms. The van der Waals surface area contributed by atoms with E-state index in [0.717, 1.165) is 105 Å². The van der Waals surface area contributed by atoms with Crippen molar-refractivity contribution < 1.29 is 4.42 Å². The third kappa shape index (κ3) is 5.57. The number of fused-ring (bicyclic) bond motifs is 11. The van der Waals surface area contributed by atoms with Crippen molar-refractivity contribution in [2.24, 2.45) is 0 Å². The van der Waals surface area contributed by atoms with Crippen LogP contribution in [0.3, 0.4) is 0 Å². The molecule has 4 aromatic heterocycles. The summed E-state index contributed by atoms with van der Waals surface area (Å²) in [5.41, 5.74) is 15.6. The predicted molar refractivity (Wildman–Crippen MR) is 260 cm³/mol. The van der Waals surface area contributed by atoms with E-state index in [1.165, 1.54) is 10.8 Å². The molecule has 9 aromatic carbocycles. The van der Waals surface area contributed by atoms with Crippen LogP contribution in [0.5, 0.6) is 0 Å². The van der Waals surface area contributed by atoms with Crippen molar-refractivity contribution in [3.63, 3.8) is 0 Å². The molecule has 294 valence electrons. The van der Waals surface area contributed by atoms with Crippen molar-refractivity contribution in [3.05, 3.63) is 218 Å². The highest BCUT2D eigenvalue weighted by Gasteiger charge is 2.24. The van der Waals surface area contributed by atoms with Crippen LogP contribution in [0.25, 0.3) is 122 Å². The normalized spacial score (nSPS) is 11.8. The van der Waals surface area contributed by atoms with Gasteiger partial charge in [-0.3, -0.25) is 0 Å². The molecule has 0 saturated carbocycles. The van der Waals surface area contributed by atoms with E-state index in [-0.39, 0.29) is 0 Å². The predicted octanol–water partition coefficient (Wildman–Crippen LogP) is 15.2. The molecule has 0 unspecified atom stereocenters. The molecule has 0 aliphatic rings. The first-order valence-electron chi connectivity index (χ1n) is 21.3. The Morgan fingerprint density at radius 2 is 0.905 bits per heavy atom. The average Bonchev–Trinajstić information content (AvgIpc) is 4.02. The molecular formula is C58H36N4O. The Morgan fingerprint density at radius 3 is 1.70 bits per heavy atom. The number of furan rings is 1. The van der Waals surface area contributed by atoms with Gasteiger partial charge in [-0.1, -0.05) is 146 Å². The van der Waals surface area contributed by atoms with Crippen molar-refractivity contribution >= 4 is 65.6 Å². The zero-order valence-corrected chi connectivity index (χ0v) is 34.0. The van der Waals surface area contributed by atoms with Crippen LogP contribution in [0.4, 0.5) is 0 Å². The first-order valence-corrected chi connectivity index (χ1v) is 21.3. The lowest BCUT2D eigenvalue weighted by Crippen LogP contribution is -1.96. The molecule has 0 amide bonds. The summed E-state index contributed by atoms with van der Waals surface area (Å²) in [5, 5.41) is 6.94. The minimum atomic E-state index is 0.702. The zero-order chi connectivity index (χ0) is 41.4. The average molecular weight is 805 g/mol. The zero-order valence-electron chi connectivity index (χ0n) is 34.0. The summed E-state index contributed by atoms with van der Waals surface area (Å²) in [6, 6.07) is 77.2. The molecule has 0 fully saturated rings. The van der Waals surface area contributed by atoms with Crippen LogP contribution in [0, 0.1) is 0 Å². The first-order chi connectivity index (χ1) is 31.2. The standard InChI is InChI=1S/C58H36N4O/c1-4-16-37(17-5-1)48-36-49(60-58(59-48)38-18-6-2-7-19-38)41-22-14-20-39(34-41)40-21-15-25-43(35-40)61-50-28-12-10-27-46(50)54-51(61)33-31-47-55-52(62(56(47)54)42-23-8-3-9-24-42)32-30-45-44-26-11-13-29-53(44)63-57(45)55/h1-36H. The highest BCUT2D eigenvalue weighted by molar-refractivity contribution is 6.31. The second-order valence-corrected chi connectivity index (χ2v) is 16.1. The quantitative estimate of drug-likeness (QED) is 0.168. The molecule has 0 atom stereocenters. The maximum atomic E-state index is 6.72. The van der Waals surface area contributed by atoms with Gasteiger partial charge in [-0.05, 0) is 83.9 Å². The largest absolute Gasteiger partial charge is 0.455 e. The number of hydrogen-bond acceptors (Lipinski definition) is 3. The fraction of sp³-hybridized carbons (Fsp3) is 0. The van der Waals surface area contributed by atoms with Gasteiger partial charge in [0.1, 0.15) is 11.2 Å². The van der Waals surface area contributed by atoms with Crippen LogP contribution < -0.4 is 0 Å². The fourth-order valence-electron chi connectivity index (χ4n) is 9.70. The fourth-order valence-corrected chi connectivity index (χ4v) is 9.70. The third-order valence-electron chi connectivity index (χ3n) is 12.5. The van der Waals surface area contributed by atoms with E-state index in [1.54, 1.807) is 0 Å². The SMILES string of the molecule is c1ccc(-c2cc(-c3cccc(-c4cccc(-n5c6ccccc6c6c5ccc5c7c8oc9ccccc9c8ccc7n(-c7ccccc7)c56)c4)c3)nc(-c3ccccc3)n2)cc1. The summed E-state index contributed by atoms with van der Waals surface area (Å²) in [6.07, 6.45) is 0. The summed E-state index contributed by atoms with van der Waals surface area (Å²) in [7, 11) is 0. The molecule has 4 heterocycles. The van der Waals surface area contributed by atoms with Crippen LogP contribution in [0.1, 0.15) is 0 Å². The molecule has 0 spiro atoms. The van der Waals surface area contributed by atoms with Gasteiger partial charge in [0.25, 0.3) is 0 Å². The summed E-state index contributed by atoms with van der Waals surface area (Å²) in [5.74, 6) is 0.702.